The van der Waals surface area contributed by atoms with Crippen molar-refractivity contribution in [1.82, 2.24) is 5.32 Å². The maximum absolute atomic E-state index is 13.4. The molecule has 1 N–H and O–H groups in total. The van der Waals surface area contributed by atoms with Crippen LogP contribution in [0.4, 0.5) is 4.39 Å². The maximum Gasteiger partial charge on any atom is 0.123 e. The van der Waals surface area contributed by atoms with Gasteiger partial charge in [-0.05, 0) is 54.2 Å². The van der Waals surface area contributed by atoms with Crippen molar-refractivity contribution in [2.75, 3.05) is 0 Å². The molecule has 0 amide bonds. The Labute approximate surface area is 133 Å². The topological polar surface area (TPSA) is 12.0 Å². The molecule has 3 heteroatoms. The highest BCUT2D eigenvalue weighted by Crippen LogP contribution is 2.29. The third-order valence-corrected chi connectivity index (χ3v) is 4.94. The van der Waals surface area contributed by atoms with E-state index < -0.39 is 0 Å². The Morgan fingerprint density at radius 1 is 1.14 bits per heavy atom. The summed E-state index contributed by atoms with van der Waals surface area (Å²) in [6.07, 6.45) is 4.79. The van der Waals surface area contributed by atoms with Crippen molar-refractivity contribution in [3.63, 3.8) is 0 Å². The van der Waals surface area contributed by atoms with Crippen LogP contribution in [-0.4, -0.2) is 0 Å². The first-order valence-electron chi connectivity index (χ1n) is 7.49. The van der Waals surface area contributed by atoms with Gasteiger partial charge in [0.1, 0.15) is 5.82 Å². The third kappa shape index (κ3) is 3.53. The lowest BCUT2D eigenvalue weighted by atomic mass is 9.99. The van der Waals surface area contributed by atoms with Gasteiger partial charge in [0.15, 0.2) is 0 Å². The Balaban J connectivity index is 1.77. The van der Waals surface area contributed by atoms with Crippen LogP contribution in [0, 0.1) is 5.82 Å². The number of aryl methyl sites for hydroxylation is 1. The van der Waals surface area contributed by atoms with Gasteiger partial charge in [0.25, 0.3) is 0 Å². The third-order valence-electron chi connectivity index (χ3n) is 4.17. The summed E-state index contributed by atoms with van der Waals surface area (Å²) in [6.45, 7) is 0.678. The van der Waals surface area contributed by atoms with Crippen molar-refractivity contribution in [2.45, 2.75) is 38.3 Å². The molecule has 0 saturated heterocycles. The molecule has 1 nitrogen and oxygen atoms in total. The zero-order valence-corrected chi connectivity index (χ0v) is 13.5. The van der Waals surface area contributed by atoms with Crippen molar-refractivity contribution in [2.24, 2.45) is 0 Å². The number of benzene rings is 2. The smallest absolute Gasteiger partial charge is 0.123 e. The molecule has 0 spiro atoms. The second-order valence-corrected chi connectivity index (χ2v) is 6.47. The van der Waals surface area contributed by atoms with E-state index in [0.29, 0.717) is 12.6 Å². The van der Waals surface area contributed by atoms with E-state index in [-0.39, 0.29) is 5.82 Å². The molecule has 2 aromatic rings. The molecule has 1 aliphatic carbocycles. The molecule has 0 aromatic heterocycles. The van der Waals surface area contributed by atoms with Crippen LogP contribution < -0.4 is 5.32 Å². The van der Waals surface area contributed by atoms with Crippen molar-refractivity contribution < 1.29 is 4.39 Å². The van der Waals surface area contributed by atoms with E-state index in [1.54, 1.807) is 12.1 Å². The van der Waals surface area contributed by atoms with Gasteiger partial charge in [0.05, 0.1) is 0 Å². The Bertz CT molecular complexity index is 626. The van der Waals surface area contributed by atoms with E-state index in [9.17, 15) is 4.39 Å². The zero-order valence-electron chi connectivity index (χ0n) is 11.9. The van der Waals surface area contributed by atoms with Gasteiger partial charge in [-0.3, -0.25) is 0 Å². The summed E-state index contributed by atoms with van der Waals surface area (Å²) in [5, 5.41) is 3.61. The zero-order chi connectivity index (χ0) is 14.7. The van der Waals surface area contributed by atoms with Crippen LogP contribution in [-0.2, 0) is 13.0 Å². The van der Waals surface area contributed by atoms with Gasteiger partial charge in [0.2, 0.25) is 0 Å². The average molecular weight is 348 g/mol. The van der Waals surface area contributed by atoms with E-state index >= 15 is 0 Å². The molecule has 21 heavy (non-hydrogen) atoms. The van der Waals surface area contributed by atoms with Crippen molar-refractivity contribution in [3.8, 4) is 0 Å². The average Bonchev–Trinajstić information content (AvgIpc) is 2.70. The summed E-state index contributed by atoms with van der Waals surface area (Å²) >= 11 is 3.50. The molecule has 1 atom stereocenters. The molecule has 0 radical (unpaired) electrons. The SMILES string of the molecule is Fc1ccc(Br)c(CNC2CCCCc3ccccc32)c1. The van der Waals surface area contributed by atoms with Gasteiger partial charge in [-0.15, -0.1) is 0 Å². The summed E-state index contributed by atoms with van der Waals surface area (Å²) in [4.78, 5) is 0. The summed E-state index contributed by atoms with van der Waals surface area (Å²) in [5.41, 5.74) is 3.82. The normalized spacial score (nSPS) is 18.1. The molecule has 0 heterocycles. The molecule has 2 aromatic carbocycles. The van der Waals surface area contributed by atoms with Crippen molar-refractivity contribution >= 4 is 15.9 Å². The summed E-state index contributed by atoms with van der Waals surface area (Å²) < 4.78 is 14.3. The summed E-state index contributed by atoms with van der Waals surface area (Å²) in [6, 6.07) is 13.9. The lowest BCUT2D eigenvalue weighted by Gasteiger charge is -2.20. The van der Waals surface area contributed by atoms with Crippen molar-refractivity contribution in [3.05, 3.63) is 69.4 Å². The van der Waals surface area contributed by atoms with Crippen LogP contribution in [0.25, 0.3) is 0 Å². The van der Waals surface area contributed by atoms with Gasteiger partial charge in [-0.1, -0.05) is 46.6 Å². The molecule has 0 fully saturated rings. The van der Waals surface area contributed by atoms with Gasteiger partial charge < -0.3 is 5.32 Å². The minimum atomic E-state index is -0.184. The number of hydrogen-bond acceptors (Lipinski definition) is 1. The number of rotatable bonds is 3. The molecule has 0 aliphatic heterocycles. The lowest BCUT2D eigenvalue weighted by Crippen LogP contribution is -2.21. The minimum absolute atomic E-state index is 0.184. The highest BCUT2D eigenvalue weighted by atomic mass is 79.9. The minimum Gasteiger partial charge on any atom is -0.306 e. The molecule has 110 valence electrons. The largest absolute Gasteiger partial charge is 0.306 e. The Hall–Kier alpha value is -1.19. The van der Waals surface area contributed by atoms with Crippen LogP contribution in [0.2, 0.25) is 0 Å². The van der Waals surface area contributed by atoms with Gasteiger partial charge >= 0.3 is 0 Å². The Morgan fingerprint density at radius 2 is 2.00 bits per heavy atom. The van der Waals surface area contributed by atoms with E-state index in [4.69, 9.17) is 0 Å². The fraction of sp³-hybridized carbons (Fsp3) is 0.333. The first kappa shape index (κ1) is 14.7. The van der Waals surface area contributed by atoms with Crippen LogP contribution in [0.5, 0.6) is 0 Å². The highest BCUT2D eigenvalue weighted by molar-refractivity contribution is 9.10. The van der Waals surface area contributed by atoms with E-state index in [1.807, 2.05) is 0 Å². The van der Waals surface area contributed by atoms with Gasteiger partial charge in [-0.25, -0.2) is 4.39 Å². The standard InChI is InChI=1S/C18H19BrFN/c19-17-10-9-15(20)11-14(17)12-21-18-8-4-2-6-13-5-1-3-7-16(13)18/h1,3,5,7,9-11,18,21H,2,4,6,8,12H2. The number of nitrogens with one attached hydrogen (secondary N) is 1. The van der Waals surface area contributed by atoms with Crippen LogP contribution in [0.15, 0.2) is 46.9 Å². The monoisotopic (exact) mass is 347 g/mol. The molecule has 3 rings (SSSR count). The first-order chi connectivity index (χ1) is 10.2. The highest BCUT2D eigenvalue weighted by Gasteiger charge is 2.18. The molecular formula is C18H19BrFN. The fourth-order valence-corrected chi connectivity index (χ4v) is 3.43. The second-order valence-electron chi connectivity index (χ2n) is 5.61. The quantitative estimate of drug-likeness (QED) is 0.757. The predicted octanol–water partition coefficient (Wildman–Crippen LogP) is 5.15. The molecule has 1 aliphatic rings. The Morgan fingerprint density at radius 3 is 2.90 bits per heavy atom. The molecule has 0 saturated carbocycles. The van der Waals surface area contributed by atoms with Gasteiger partial charge in [0, 0.05) is 17.1 Å². The maximum atomic E-state index is 13.4. The Kier molecular flexibility index (Phi) is 4.71. The number of halogens is 2. The molecular weight excluding hydrogens is 329 g/mol. The van der Waals surface area contributed by atoms with E-state index in [1.165, 1.54) is 30.0 Å². The van der Waals surface area contributed by atoms with Crippen LogP contribution >= 0.6 is 15.9 Å². The van der Waals surface area contributed by atoms with Crippen LogP contribution in [0.1, 0.15) is 42.0 Å². The number of hydrogen-bond donors (Lipinski definition) is 1. The molecule has 0 bridgehead atoms. The lowest BCUT2D eigenvalue weighted by molar-refractivity contribution is 0.487. The summed E-state index contributed by atoms with van der Waals surface area (Å²) in [5.74, 6) is -0.184. The predicted molar refractivity (Wildman–Crippen MR) is 87.7 cm³/mol. The summed E-state index contributed by atoms with van der Waals surface area (Å²) in [7, 11) is 0. The van der Waals surface area contributed by atoms with Gasteiger partial charge in [-0.2, -0.15) is 0 Å². The first-order valence-corrected chi connectivity index (χ1v) is 8.28. The van der Waals surface area contributed by atoms with Crippen molar-refractivity contribution in [1.29, 1.82) is 0 Å². The number of fused-ring (bicyclic) bond motifs is 1. The van der Waals surface area contributed by atoms with Crippen LogP contribution in [0.3, 0.4) is 0 Å². The van der Waals surface area contributed by atoms with E-state index in [2.05, 4.69) is 45.5 Å². The second kappa shape index (κ2) is 6.71. The van der Waals surface area contributed by atoms with E-state index in [0.717, 1.165) is 22.9 Å². The fourth-order valence-electron chi connectivity index (χ4n) is 3.05. The molecule has 1 unspecified atom stereocenters.